The van der Waals surface area contributed by atoms with Crippen molar-refractivity contribution in [1.29, 1.82) is 0 Å². The van der Waals surface area contributed by atoms with E-state index in [9.17, 15) is 9.59 Å². The van der Waals surface area contributed by atoms with Crippen LogP contribution in [0.1, 0.15) is 18.4 Å². The number of ether oxygens (including phenoxy) is 2. The summed E-state index contributed by atoms with van der Waals surface area (Å²) in [6.07, 6.45) is 0.961. The lowest BCUT2D eigenvalue weighted by Crippen LogP contribution is -2.13. The standard InChI is InChI=1S/C19H21NO5/c21-18(10-5-11-24-13-15-6-2-1-3-7-15)20-16-8-4-9-17(12-16)25-14-19(22)23/h1-4,6-9,12H,5,10-11,13-14H2,(H,20,21)(H,22,23). The Kier molecular flexibility index (Phi) is 7.46. The molecular weight excluding hydrogens is 322 g/mol. The van der Waals surface area contributed by atoms with Gasteiger partial charge in [-0.25, -0.2) is 4.79 Å². The van der Waals surface area contributed by atoms with Gasteiger partial charge in [-0.15, -0.1) is 0 Å². The second-order valence-electron chi connectivity index (χ2n) is 5.40. The van der Waals surface area contributed by atoms with Crippen LogP contribution in [0.3, 0.4) is 0 Å². The number of aliphatic carboxylic acids is 1. The highest BCUT2D eigenvalue weighted by molar-refractivity contribution is 5.90. The third kappa shape index (κ3) is 7.50. The number of anilines is 1. The van der Waals surface area contributed by atoms with Crippen LogP contribution < -0.4 is 10.1 Å². The number of amides is 1. The highest BCUT2D eigenvalue weighted by Crippen LogP contribution is 2.17. The summed E-state index contributed by atoms with van der Waals surface area (Å²) in [7, 11) is 0. The summed E-state index contributed by atoms with van der Waals surface area (Å²) in [5.41, 5.74) is 1.67. The fourth-order valence-electron chi connectivity index (χ4n) is 2.13. The van der Waals surface area contributed by atoms with Gasteiger partial charge in [0.05, 0.1) is 6.61 Å². The van der Waals surface area contributed by atoms with E-state index in [0.29, 0.717) is 37.5 Å². The quantitative estimate of drug-likeness (QED) is 0.648. The lowest BCUT2D eigenvalue weighted by Gasteiger charge is -2.08. The van der Waals surface area contributed by atoms with E-state index in [1.807, 2.05) is 30.3 Å². The summed E-state index contributed by atoms with van der Waals surface area (Å²) in [5, 5.41) is 11.4. The van der Waals surface area contributed by atoms with Crippen LogP contribution in [-0.2, 0) is 20.9 Å². The first-order chi connectivity index (χ1) is 12.1. The molecule has 2 N–H and O–H groups in total. The predicted molar refractivity (Wildman–Crippen MR) is 93.5 cm³/mol. The Balaban J connectivity index is 1.66. The molecule has 0 aliphatic heterocycles. The van der Waals surface area contributed by atoms with E-state index < -0.39 is 12.6 Å². The number of benzene rings is 2. The molecule has 0 atom stereocenters. The molecule has 2 aromatic carbocycles. The van der Waals surface area contributed by atoms with Gasteiger partial charge in [-0.2, -0.15) is 0 Å². The van der Waals surface area contributed by atoms with Crippen molar-refractivity contribution in [3.63, 3.8) is 0 Å². The lowest BCUT2D eigenvalue weighted by atomic mass is 10.2. The van der Waals surface area contributed by atoms with E-state index in [0.717, 1.165) is 5.56 Å². The van der Waals surface area contributed by atoms with E-state index in [1.54, 1.807) is 24.3 Å². The summed E-state index contributed by atoms with van der Waals surface area (Å²) < 4.78 is 10.6. The molecule has 0 saturated carbocycles. The first-order valence-corrected chi connectivity index (χ1v) is 7.99. The molecule has 2 rings (SSSR count). The summed E-state index contributed by atoms with van der Waals surface area (Å²) in [6.45, 7) is 0.617. The van der Waals surface area contributed by atoms with Gasteiger partial charge in [0.2, 0.25) is 5.91 Å². The topological polar surface area (TPSA) is 84.9 Å². The van der Waals surface area contributed by atoms with Gasteiger partial charge in [0.1, 0.15) is 5.75 Å². The smallest absolute Gasteiger partial charge is 0.341 e. The first kappa shape index (κ1) is 18.5. The van der Waals surface area contributed by atoms with Gasteiger partial charge < -0.3 is 19.9 Å². The Morgan fingerprint density at radius 1 is 1.04 bits per heavy atom. The molecule has 6 heteroatoms. The SMILES string of the molecule is O=C(O)COc1cccc(NC(=O)CCCOCc2ccccc2)c1. The maximum absolute atomic E-state index is 11.9. The zero-order valence-corrected chi connectivity index (χ0v) is 13.8. The number of rotatable bonds is 10. The summed E-state index contributed by atoms with van der Waals surface area (Å²) in [5.74, 6) is -0.782. The van der Waals surface area contributed by atoms with Crippen molar-refractivity contribution in [2.45, 2.75) is 19.4 Å². The molecule has 0 aliphatic carbocycles. The average molecular weight is 343 g/mol. The molecule has 0 unspecified atom stereocenters. The molecule has 0 aromatic heterocycles. The van der Waals surface area contributed by atoms with Crippen molar-refractivity contribution in [3.8, 4) is 5.75 Å². The number of nitrogens with one attached hydrogen (secondary N) is 1. The highest BCUT2D eigenvalue weighted by atomic mass is 16.5. The van der Waals surface area contributed by atoms with Crippen molar-refractivity contribution in [2.75, 3.05) is 18.5 Å². The Morgan fingerprint density at radius 2 is 1.84 bits per heavy atom. The minimum atomic E-state index is -1.05. The third-order valence-electron chi connectivity index (χ3n) is 3.28. The second-order valence-corrected chi connectivity index (χ2v) is 5.40. The highest BCUT2D eigenvalue weighted by Gasteiger charge is 2.05. The van der Waals surface area contributed by atoms with Gasteiger partial charge in [-0.1, -0.05) is 36.4 Å². The Labute approximate surface area is 146 Å². The molecule has 0 heterocycles. The van der Waals surface area contributed by atoms with Gasteiger partial charge in [0.15, 0.2) is 6.61 Å². The maximum atomic E-state index is 11.9. The van der Waals surface area contributed by atoms with Crippen LogP contribution in [0.2, 0.25) is 0 Å². The molecule has 25 heavy (non-hydrogen) atoms. The fraction of sp³-hybridized carbons (Fsp3) is 0.263. The van der Waals surface area contributed by atoms with E-state index in [2.05, 4.69) is 5.32 Å². The zero-order valence-electron chi connectivity index (χ0n) is 13.8. The largest absolute Gasteiger partial charge is 0.482 e. The van der Waals surface area contributed by atoms with Crippen molar-refractivity contribution in [1.82, 2.24) is 0 Å². The number of carboxylic acid groups (broad SMARTS) is 1. The van der Waals surface area contributed by atoms with Crippen molar-refractivity contribution in [3.05, 3.63) is 60.2 Å². The van der Waals surface area contributed by atoms with E-state index in [1.165, 1.54) is 0 Å². The molecular formula is C19H21NO5. The van der Waals surface area contributed by atoms with Crippen LogP contribution >= 0.6 is 0 Å². The summed E-state index contributed by atoms with van der Waals surface area (Å²) in [6, 6.07) is 16.5. The molecule has 0 fully saturated rings. The van der Waals surface area contributed by atoms with Crippen molar-refractivity contribution in [2.24, 2.45) is 0 Å². The molecule has 6 nitrogen and oxygen atoms in total. The molecule has 0 saturated heterocycles. The first-order valence-electron chi connectivity index (χ1n) is 7.99. The average Bonchev–Trinajstić information content (AvgIpc) is 2.61. The van der Waals surface area contributed by atoms with Crippen LogP contribution in [0.15, 0.2) is 54.6 Å². The normalized spacial score (nSPS) is 10.2. The molecule has 0 spiro atoms. The number of hydrogen-bond acceptors (Lipinski definition) is 4. The van der Waals surface area contributed by atoms with Gasteiger partial charge >= 0.3 is 5.97 Å². The van der Waals surface area contributed by atoms with Gasteiger partial charge in [-0.3, -0.25) is 4.79 Å². The number of hydrogen-bond donors (Lipinski definition) is 2. The number of carboxylic acids is 1. The van der Waals surface area contributed by atoms with Crippen molar-refractivity contribution < 1.29 is 24.2 Å². The van der Waals surface area contributed by atoms with Crippen LogP contribution in [0.5, 0.6) is 5.75 Å². The molecule has 0 radical (unpaired) electrons. The van der Waals surface area contributed by atoms with Gasteiger partial charge in [-0.05, 0) is 24.1 Å². The van der Waals surface area contributed by atoms with Crippen LogP contribution in [0.25, 0.3) is 0 Å². The van der Waals surface area contributed by atoms with Crippen LogP contribution in [-0.4, -0.2) is 30.2 Å². The van der Waals surface area contributed by atoms with E-state index >= 15 is 0 Å². The molecule has 0 bridgehead atoms. The van der Waals surface area contributed by atoms with Crippen LogP contribution in [0, 0.1) is 0 Å². The molecule has 1 amide bonds. The van der Waals surface area contributed by atoms with Gasteiger partial charge in [0.25, 0.3) is 0 Å². The summed E-state index contributed by atoms with van der Waals surface area (Å²) in [4.78, 5) is 22.4. The van der Waals surface area contributed by atoms with Gasteiger partial charge in [0, 0.05) is 24.8 Å². The number of carbonyl (C=O) groups excluding carboxylic acids is 1. The maximum Gasteiger partial charge on any atom is 0.341 e. The van der Waals surface area contributed by atoms with E-state index in [4.69, 9.17) is 14.6 Å². The molecule has 0 aliphatic rings. The predicted octanol–water partition coefficient (Wildman–Crippen LogP) is 3.09. The minimum Gasteiger partial charge on any atom is -0.482 e. The van der Waals surface area contributed by atoms with Crippen LogP contribution in [0.4, 0.5) is 5.69 Å². The summed E-state index contributed by atoms with van der Waals surface area (Å²) >= 11 is 0. The zero-order chi connectivity index (χ0) is 17.9. The minimum absolute atomic E-state index is 0.126. The Morgan fingerprint density at radius 3 is 2.60 bits per heavy atom. The third-order valence-corrected chi connectivity index (χ3v) is 3.28. The molecule has 132 valence electrons. The fourth-order valence-corrected chi connectivity index (χ4v) is 2.13. The second kappa shape index (κ2) is 10.1. The Bertz CT molecular complexity index is 687. The van der Waals surface area contributed by atoms with Crippen molar-refractivity contribution >= 4 is 17.6 Å². The lowest BCUT2D eigenvalue weighted by molar-refractivity contribution is -0.139. The Hall–Kier alpha value is -2.86. The number of carbonyl (C=O) groups is 2. The van der Waals surface area contributed by atoms with E-state index in [-0.39, 0.29) is 5.91 Å². The molecule has 2 aromatic rings. The monoisotopic (exact) mass is 343 g/mol.